The lowest BCUT2D eigenvalue weighted by Gasteiger charge is -2.20. The van der Waals surface area contributed by atoms with Gasteiger partial charge in [-0.15, -0.1) is 10.2 Å². The summed E-state index contributed by atoms with van der Waals surface area (Å²) in [5.41, 5.74) is 1.95. The number of aromatic amines is 1. The van der Waals surface area contributed by atoms with Gasteiger partial charge in [-0.3, -0.25) is 9.59 Å². The molecular formula is C22H22N4O3. The van der Waals surface area contributed by atoms with Crippen molar-refractivity contribution in [2.75, 3.05) is 5.32 Å². The summed E-state index contributed by atoms with van der Waals surface area (Å²) >= 11 is 0. The van der Waals surface area contributed by atoms with E-state index in [1.54, 1.807) is 36.4 Å². The van der Waals surface area contributed by atoms with Gasteiger partial charge in [-0.1, -0.05) is 37.5 Å². The van der Waals surface area contributed by atoms with Crippen LogP contribution in [0.1, 0.15) is 42.5 Å². The van der Waals surface area contributed by atoms with Crippen LogP contribution in [0.3, 0.4) is 0 Å². The van der Waals surface area contributed by atoms with Gasteiger partial charge in [0.2, 0.25) is 11.8 Å². The Morgan fingerprint density at radius 2 is 1.72 bits per heavy atom. The molecular weight excluding hydrogens is 368 g/mol. The maximum absolute atomic E-state index is 12.3. The second kappa shape index (κ2) is 8.26. The largest absolute Gasteiger partial charge is 0.493 e. The van der Waals surface area contributed by atoms with Gasteiger partial charge in [0.1, 0.15) is 0 Å². The second-order valence-corrected chi connectivity index (χ2v) is 7.27. The number of benzene rings is 2. The molecule has 4 rings (SSSR count). The molecule has 0 spiro atoms. The normalized spacial score (nSPS) is 15.0. The number of aromatic hydroxyl groups is 1. The van der Waals surface area contributed by atoms with Gasteiger partial charge in [-0.25, -0.2) is 0 Å². The lowest BCUT2D eigenvalue weighted by Crippen LogP contribution is -2.24. The number of hydrogen-bond donors (Lipinski definition) is 3. The Balaban J connectivity index is 1.43. The minimum absolute atomic E-state index is 0.0401. The van der Waals surface area contributed by atoms with Crippen molar-refractivity contribution in [1.29, 1.82) is 0 Å². The summed E-state index contributed by atoms with van der Waals surface area (Å²) < 4.78 is 0. The maximum atomic E-state index is 12.3. The van der Waals surface area contributed by atoms with E-state index in [4.69, 9.17) is 0 Å². The molecule has 148 valence electrons. The van der Waals surface area contributed by atoms with Crippen LogP contribution in [0, 0.1) is 5.92 Å². The number of amides is 2. The lowest BCUT2D eigenvalue weighted by atomic mass is 9.88. The number of nitrogens with one attached hydrogen (secondary N) is 2. The van der Waals surface area contributed by atoms with Gasteiger partial charge < -0.3 is 15.4 Å². The van der Waals surface area contributed by atoms with Crippen molar-refractivity contribution < 1.29 is 14.7 Å². The molecule has 0 aliphatic heterocycles. The molecule has 1 aromatic heterocycles. The first kappa shape index (κ1) is 18.9. The quantitative estimate of drug-likeness (QED) is 0.525. The zero-order valence-corrected chi connectivity index (χ0v) is 15.9. The molecule has 0 unspecified atom stereocenters. The highest BCUT2D eigenvalue weighted by molar-refractivity contribution is 5.98. The molecule has 7 nitrogen and oxygen atoms in total. The molecule has 3 aromatic rings. The van der Waals surface area contributed by atoms with Crippen LogP contribution in [-0.2, 0) is 4.79 Å². The third-order valence-electron chi connectivity index (χ3n) is 5.28. The molecule has 29 heavy (non-hydrogen) atoms. The Bertz CT molecular complexity index is 1060. The molecule has 0 radical (unpaired) electrons. The number of para-hydroxylation sites is 1. The molecule has 0 atom stereocenters. The summed E-state index contributed by atoms with van der Waals surface area (Å²) in [6, 6.07) is 13.8. The highest BCUT2D eigenvalue weighted by Gasteiger charge is 2.21. The average molecular weight is 390 g/mol. The Labute approximate surface area is 167 Å². The predicted octanol–water partition coefficient (Wildman–Crippen LogP) is 5.32. The number of carbonyl (C=O) groups is 2. The van der Waals surface area contributed by atoms with Gasteiger partial charge >= 0.3 is 0 Å². The van der Waals surface area contributed by atoms with Crippen LogP contribution in [-0.4, -0.2) is 21.9 Å². The third kappa shape index (κ3) is 4.18. The van der Waals surface area contributed by atoms with Crippen LogP contribution in [0.15, 0.2) is 58.8 Å². The number of azo groups is 1. The fraction of sp³-hybridized carbons (Fsp3) is 0.273. The number of fused-ring (bicyclic) bond motifs is 1. The summed E-state index contributed by atoms with van der Waals surface area (Å²) in [5.74, 6) is -0.552. The number of aromatic nitrogens is 1. The van der Waals surface area contributed by atoms with Crippen molar-refractivity contribution in [3.05, 3.63) is 54.1 Å². The Morgan fingerprint density at radius 3 is 2.48 bits per heavy atom. The van der Waals surface area contributed by atoms with Crippen molar-refractivity contribution >= 4 is 34.1 Å². The summed E-state index contributed by atoms with van der Waals surface area (Å²) in [5, 5.41) is 21.2. The van der Waals surface area contributed by atoms with E-state index in [1.807, 2.05) is 12.1 Å². The molecule has 1 fully saturated rings. The summed E-state index contributed by atoms with van der Waals surface area (Å²) in [6.45, 7) is 0. The van der Waals surface area contributed by atoms with Gasteiger partial charge in [0.25, 0.3) is 5.91 Å². The number of hydrogen-bond acceptors (Lipinski definition) is 4. The SMILES string of the molecule is O=C(N=Nc1c(O)[nH]c2ccccc12)c1ccc(NC(=O)C2CCCCC2)cc1. The predicted molar refractivity (Wildman–Crippen MR) is 110 cm³/mol. The van der Waals surface area contributed by atoms with Crippen LogP contribution >= 0.6 is 0 Å². The molecule has 7 heteroatoms. The molecule has 2 aromatic carbocycles. The molecule has 1 aliphatic carbocycles. The van der Waals surface area contributed by atoms with E-state index in [0.717, 1.165) is 25.7 Å². The van der Waals surface area contributed by atoms with Crippen LogP contribution < -0.4 is 5.32 Å². The van der Waals surface area contributed by atoms with Crippen LogP contribution in [0.25, 0.3) is 10.9 Å². The van der Waals surface area contributed by atoms with Gasteiger partial charge in [-0.2, -0.15) is 0 Å². The first-order chi connectivity index (χ1) is 14.1. The molecule has 1 saturated carbocycles. The number of rotatable bonds is 4. The highest BCUT2D eigenvalue weighted by atomic mass is 16.3. The van der Waals surface area contributed by atoms with E-state index in [1.165, 1.54) is 6.42 Å². The van der Waals surface area contributed by atoms with Gasteiger partial charge in [0.15, 0.2) is 5.69 Å². The average Bonchev–Trinajstić information content (AvgIpc) is 3.08. The van der Waals surface area contributed by atoms with Crippen molar-refractivity contribution in [2.45, 2.75) is 32.1 Å². The summed E-state index contributed by atoms with van der Waals surface area (Å²) in [6.07, 6.45) is 5.27. The zero-order valence-electron chi connectivity index (χ0n) is 15.9. The number of nitrogens with zero attached hydrogens (tertiary/aromatic N) is 2. The third-order valence-corrected chi connectivity index (χ3v) is 5.28. The number of H-pyrrole nitrogens is 1. The number of anilines is 1. The second-order valence-electron chi connectivity index (χ2n) is 7.27. The fourth-order valence-corrected chi connectivity index (χ4v) is 3.67. The van der Waals surface area contributed by atoms with E-state index < -0.39 is 5.91 Å². The smallest absolute Gasteiger partial charge is 0.295 e. The van der Waals surface area contributed by atoms with Crippen LogP contribution in [0.5, 0.6) is 5.88 Å². The first-order valence-corrected chi connectivity index (χ1v) is 9.78. The molecule has 1 heterocycles. The standard InChI is InChI=1S/C22H22N4O3/c27-20(14-6-2-1-3-7-14)23-16-12-10-15(11-13-16)21(28)26-25-19-17-8-4-5-9-18(17)24-22(19)29/h4-5,8-14,24,29H,1-3,6-7H2,(H,23,27). The molecule has 0 saturated heterocycles. The van der Waals surface area contributed by atoms with Gasteiger partial charge in [0.05, 0.1) is 5.52 Å². The summed E-state index contributed by atoms with van der Waals surface area (Å²) in [4.78, 5) is 27.4. The van der Waals surface area contributed by atoms with E-state index >= 15 is 0 Å². The molecule has 1 aliphatic rings. The van der Waals surface area contributed by atoms with E-state index in [-0.39, 0.29) is 23.4 Å². The topological polar surface area (TPSA) is 107 Å². The molecule has 0 bridgehead atoms. The van der Waals surface area contributed by atoms with Crippen molar-refractivity contribution in [2.24, 2.45) is 16.1 Å². The van der Waals surface area contributed by atoms with Crippen molar-refractivity contribution in [3.63, 3.8) is 0 Å². The van der Waals surface area contributed by atoms with E-state index in [9.17, 15) is 14.7 Å². The fourth-order valence-electron chi connectivity index (χ4n) is 3.67. The Kier molecular flexibility index (Phi) is 5.37. The summed E-state index contributed by atoms with van der Waals surface area (Å²) in [7, 11) is 0. The molecule has 2 amide bonds. The van der Waals surface area contributed by atoms with Gasteiger partial charge in [0, 0.05) is 22.6 Å². The minimum atomic E-state index is -0.528. The monoisotopic (exact) mass is 390 g/mol. The lowest BCUT2D eigenvalue weighted by molar-refractivity contribution is -0.120. The van der Waals surface area contributed by atoms with Crippen molar-refractivity contribution in [3.8, 4) is 5.88 Å². The number of carbonyl (C=O) groups excluding carboxylic acids is 2. The van der Waals surface area contributed by atoms with E-state index in [0.29, 0.717) is 22.2 Å². The van der Waals surface area contributed by atoms with Gasteiger partial charge in [-0.05, 0) is 43.2 Å². The highest BCUT2D eigenvalue weighted by Crippen LogP contribution is 2.35. The molecule has 3 N–H and O–H groups in total. The minimum Gasteiger partial charge on any atom is -0.493 e. The van der Waals surface area contributed by atoms with Crippen LogP contribution in [0.4, 0.5) is 11.4 Å². The van der Waals surface area contributed by atoms with E-state index in [2.05, 4.69) is 20.5 Å². The first-order valence-electron chi connectivity index (χ1n) is 9.78. The van der Waals surface area contributed by atoms with Crippen molar-refractivity contribution in [1.82, 2.24) is 4.98 Å². The Morgan fingerprint density at radius 1 is 1.00 bits per heavy atom. The maximum Gasteiger partial charge on any atom is 0.295 e. The van der Waals surface area contributed by atoms with Crippen LogP contribution in [0.2, 0.25) is 0 Å². The Hall–Kier alpha value is -3.48. The zero-order chi connectivity index (χ0) is 20.2.